The van der Waals surface area contributed by atoms with Crippen molar-refractivity contribution < 1.29 is 4.79 Å². The molecular formula is C14H21N3O. The van der Waals surface area contributed by atoms with Crippen LogP contribution in [0.25, 0.3) is 0 Å². The lowest BCUT2D eigenvalue weighted by Crippen LogP contribution is -2.30. The first-order chi connectivity index (χ1) is 8.75. The average molecular weight is 247 g/mol. The van der Waals surface area contributed by atoms with E-state index in [1.54, 1.807) is 0 Å². The maximum Gasteiger partial charge on any atom is 0.224 e. The van der Waals surface area contributed by atoms with Gasteiger partial charge in [-0.25, -0.2) is 0 Å². The van der Waals surface area contributed by atoms with E-state index >= 15 is 0 Å². The van der Waals surface area contributed by atoms with Gasteiger partial charge in [0.05, 0.1) is 0 Å². The predicted octanol–water partition coefficient (Wildman–Crippen LogP) is 0.726. The molecule has 0 spiro atoms. The molecule has 4 nitrogen and oxygen atoms in total. The van der Waals surface area contributed by atoms with Gasteiger partial charge >= 0.3 is 0 Å². The zero-order valence-electron chi connectivity index (χ0n) is 10.6. The molecule has 1 saturated heterocycles. The number of hydrogen-bond donors (Lipinski definition) is 2. The van der Waals surface area contributed by atoms with E-state index in [1.807, 2.05) is 23.1 Å². The largest absolute Gasteiger partial charge is 0.341 e. The van der Waals surface area contributed by atoms with Crippen LogP contribution in [0.4, 0.5) is 0 Å². The van der Waals surface area contributed by atoms with Gasteiger partial charge in [-0.1, -0.05) is 30.3 Å². The lowest BCUT2D eigenvalue weighted by atomic mass is 10.2. The van der Waals surface area contributed by atoms with Crippen LogP contribution in [0.1, 0.15) is 18.4 Å². The Labute approximate surface area is 108 Å². The van der Waals surface area contributed by atoms with Gasteiger partial charge in [0, 0.05) is 32.1 Å². The Morgan fingerprint density at radius 2 is 2.11 bits per heavy atom. The van der Waals surface area contributed by atoms with Crippen LogP contribution in [-0.2, 0) is 11.3 Å². The van der Waals surface area contributed by atoms with Crippen LogP contribution in [-0.4, -0.2) is 36.5 Å². The zero-order valence-corrected chi connectivity index (χ0v) is 10.6. The summed E-state index contributed by atoms with van der Waals surface area (Å²) in [5.41, 5.74) is 7.03. The summed E-state index contributed by atoms with van der Waals surface area (Å²) in [5, 5.41) is 3.38. The number of rotatable bonds is 6. The molecule has 2 rings (SSSR count). The van der Waals surface area contributed by atoms with Gasteiger partial charge in [-0.2, -0.15) is 0 Å². The van der Waals surface area contributed by atoms with E-state index in [2.05, 4.69) is 17.4 Å². The van der Waals surface area contributed by atoms with E-state index in [4.69, 9.17) is 5.73 Å². The van der Waals surface area contributed by atoms with Crippen molar-refractivity contribution in [3.05, 3.63) is 35.9 Å². The van der Waals surface area contributed by atoms with Gasteiger partial charge in [0.1, 0.15) is 0 Å². The molecule has 0 aromatic heterocycles. The molecule has 0 aliphatic carbocycles. The third kappa shape index (κ3) is 3.82. The second-order valence-corrected chi connectivity index (χ2v) is 4.82. The molecule has 1 heterocycles. The summed E-state index contributed by atoms with van der Waals surface area (Å²) in [6.45, 7) is 3.34. The normalized spacial score (nSPS) is 19.5. The molecule has 1 amide bonds. The van der Waals surface area contributed by atoms with Crippen molar-refractivity contribution in [1.82, 2.24) is 10.2 Å². The Morgan fingerprint density at radius 1 is 1.33 bits per heavy atom. The Kier molecular flexibility index (Phi) is 4.73. The first-order valence-electron chi connectivity index (χ1n) is 6.53. The lowest BCUT2D eigenvalue weighted by Gasteiger charge is -2.15. The van der Waals surface area contributed by atoms with Gasteiger partial charge < -0.3 is 16.0 Å². The predicted molar refractivity (Wildman–Crippen MR) is 71.9 cm³/mol. The van der Waals surface area contributed by atoms with Crippen molar-refractivity contribution >= 4 is 5.91 Å². The Bertz CT molecular complexity index is 380. The minimum absolute atomic E-state index is 0.0368. The van der Waals surface area contributed by atoms with E-state index < -0.39 is 0 Å². The Balaban J connectivity index is 1.58. The fourth-order valence-corrected chi connectivity index (χ4v) is 2.24. The van der Waals surface area contributed by atoms with Crippen molar-refractivity contribution in [3.63, 3.8) is 0 Å². The molecule has 0 saturated carbocycles. The van der Waals surface area contributed by atoms with Crippen molar-refractivity contribution in [2.75, 3.05) is 19.6 Å². The number of hydrogen-bond acceptors (Lipinski definition) is 3. The molecule has 1 aromatic rings. The Morgan fingerprint density at radius 3 is 2.78 bits per heavy atom. The number of carbonyl (C=O) groups is 1. The average Bonchev–Trinajstić information content (AvgIpc) is 2.69. The summed E-state index contributed by atoms with van der Waals surface area (Å²) in [4.78, 5) is 13.4. The monoisotopic (exact) mass is 247 g/mol. The maximum absolute atomic E-state index is 11.5. The zero-order chi connectivity index (χ0) is 12.8. The highest BCUT2D eigenvalue weighted by Gasteiger charge is 2.25. The summed E-state index contributed by atoms with van der Waals surface area (Å²) in [5.74, 6) is 0.200. The minimum Gasteiger partial charge on any atom is -0.341 e. The minimum atomic E-state index is 0.0368. The van der Waals surface area contributed by atoms with Crippen LogP contribution in [0.5, 0.6) is 0 Å². The van der Waals surface area contributed by atoms with Crippen LogP contribution >= 0.6 is 0 Å². The molecule has 1 aliphatic rings. The first-order valence-corrected chi connectivity index (χ1v) is 6.53. The fourth-order valence-electron chi connectivity index (χ4n) is 2.24. The highest BCUT2D eigenvalue weighted by atomic mass is 16.2. The molecule has 1 unspecified atom stereocenters. The summed E-state index contributed by atoms with van der Waals surface area (Å²) in [6, 6.07) is 10.4. The van der Waals surface area contributed by atoms with Crippen molar-refractivity contribution in [3.8, 4) is 0 Å². The van der Waals surface area contributed by atoms with E-state index in [1.165, 1.54) is 5.56 Å². The molecule has 0 radical (unpaired) electrons. The van der Waals surface area contributed by atoms with Crippen LogP contribution in [0.3, 0.4) is 0 Å². The van der Waals surface area contributed by atoms with Gasteiger partial charge in [0.2, 0.25) is 5.91 Å². The van der Waals surface area contributed by atoms with Crippen molar-refractivity contribution in [1.29, 1.82) is 0 Å². The third-order valence-corrected chi connectivity index (χ3v) is 3.20. The van der Waals surface area contributed by atoms with E-state index in [0.717, 1.165) is 32.6 Å². The fraction of sp³-hybridized carbons (Fsp3) is 0.500. The molecule has 1 fully saturated rings. The Hall–Kier alpha value is -1.39. The van der Waals surface area contributed by atoms with Crippen LogP contribution in [0, 0.1) is 0 Å². The SMILES string of the molecule is NC1CC(=O)N(CCCNCc2ccccc2)C1. The van der Waals surface area contributed by atoms with Gasteiger partial charge in [-0.15, -0.1) is 0 Å². The second kappa shape index (κ2) is 6.52. The third-order valence-electron chi connectivity index (χ3n) is 3.20. The van der Waals surface area contributed by atoms with Crippen molar-refractivity contribution in [2.24, 2.45) is 5.73 Å². The number of likely N-dealkylation sites (tertiary alicyclic amines) is 1. The summed E-state index contributed by atoms with van der Waals surface area (Å²) >= 11 is 0. The van der Waals surface area contributed by atoms with E-state index in [-0.39, 0.29) is 11.9 Å². The summed E-state index contributed by atoms with van der Waals surface area (Å²) < 4.78 is 0. The molecule has 3 N–H and O–H groups in total. The highest BCUT2D eigenvalue weighted by molar-refractivity contribution is 5.79. The number of amides is 1. The van der Waals surface area contributed by atoms with Gasteiger partial charge in [0.15, 0.2) is 0 Å². The van der Waals surface area contributed by atoms with E-state index in [0.29, 0.717) is 6.42 Å². The van der Waals surface area contributed by atoms with Crippen LogP contribution in [0.15, 0.2) is 30.3 Å². The smallest absolute Gasteiger partial charge is 0.224 e. The quantitative estimate of drug-likeness (QED) is 0.728. The molecule has 0 bridgehead atoms. The first kappa shape index (κ1) is 13.1. The second-order valence-electron chi connectivity index (χ2n) is 4.82. The van der Waals surface area contributed by atoms with Gasteiger partial charge in [0.25, 0.3) is 0 Å². The molecule has 1 atom stereocenters. The molecular weight excluding hydrogens is 226 g/mol. The number of carbonyl (C=O) groups excluding carboxylic acids is 1. The topological polar surface area (TPSA) is 58.4 Å². The molecule has 4 heteroatoms. The standard InChI is InChI=1S/C14H21N3O/c15-13-9-14(18)17(11-13)8-4-7-16-10-12-5-2-1-3-6-12/h1-3,5-6,13,16H,4,7-11,15H2. The number of nitrogens with zero attached hydrogens (tertiary/aromatic N) is 1. The summed E-state index contributed by atoms with van der Waals surface area (Å²) in [7, 11) is 0. The van der Waals surface area contributed by atoms with Crippen LogP contribution in [0.2, 0.25) is 0 Å². The number of nitrogens with two attached hydrogens (primary N) is 1. The maximum atomic E-state index is 11.5. The van der Waals surface area contributed by atoms with Gasteiger partial charge in [-0.05, 0) is 18.5 Å². The highest BCUT2D eigenvalue weighted by Crippen LogP contribution is 2.08. The lowest BCUT2D eigenvalue weighted by molar-refractivity contribution is -0.127. The molecule has 1 aliphatic heterocycles. The summed E-state index contributed by atoms with van der Waals surface area (Å²) in [6.07, 6.45) is 1.49. The van der Waals surface area contributed by atoms with Crippen molar-refractivity contribution in [2.45, 2.75) is 25.4 Å². The number of nitrogens with one attached hydrogen (secondary N) is 1. The van der Waals surface area contributed by atoms with Gasteiger partial charge in [-0.3, -0.25) is 4.79 Å². The molecule has 98 valence electrons. The molecule has 1 aromatic carbocycles. The van der Waals surface area contributed by atoms with Crippen LogP contribution < -0.4 is 11.1 Å². The molecule has 18 heavy (non-hydrogen) atoms. The van der Waals surface area contributed by atoms with E-state index in [9.17, 15) is 4.79 Å². The number of benzene rings is 1.